The molecule has 0 atom stereocenters. The van der Waals surface area contributed by atoms with E-state index in [1.54, 1.807) is 18.5 Å². The van der Waals surface area contributed by atoms with Gasteiger partial charge in [0.2, 0.25) is 5.95 Å². The van der Waals surface area contributed by atoms with Gasteiger partial charge in [0, 0.05) is 18.0 Å². The highest BCUT2D eigenvalue weighted by molar-refractivity contribution is 5.81. The van der Waals surface area contributed by atoms with Crippen molar-refractivity contribution in [3.63, 3.8) is 0 Å². The van der Waals surface area contributed by atoms with E-state index in [2.05, 4.69) is 31.0 Å². The molecule has 9 heteroatoms. The number of nitrogen functional groups attached to an aromatic ring is 1. The number of hydrogen-bond donors (Lipinski definition) is 2. The van der Waals surface area contributed by atoms with Gasteiger partial charge < -0.3 is 5.73 Å². The number of hydrazone groups is 1. The zero-order valence-corrected chi connectivity index (χ0v) is 9.26. The van der Waals surface area contributed by atoms with Crippen LogP contribution in [-0.4, -0.2) is 37.3 Å². The summed E-state index contributed by atoms with van der Waals surface area (Å²) < 4.78 is 1.16. The van der Waals surface area contributed by atoms with Crippen molar-refractivity contribution in [1.29, 1.82) is 0 Å². The zero-order chi connectivity index (χ0) is 12.8. The molecule has 2 aromatic rings. The van der Waals surface area contributed by atoms with E-state index >= 15 is 0 Å². The lowest BCUT2D eigenvalue weighted by atomic mass is 10.3. The Labute approximate surface area is 102 Å². The summed E-state index contributed by atoms with van der Waals surface area (Å²) in [5.74, 6) is -0.310. The number of aromatic nitrogens is 5. The maximum Gasteiger partial charge on any atom is 0.261 e. The third-order valence-electron chi connectivity index (χ3n) is 1.94. The highest BCUT2D eigenvalue weighted by Crippen LogP contribution is 1.92. The molecule has 1 amide bonds. The molecule has 0 radical (unpaired) electrons. The Morgan fingerprint density at radius 3 is 3.17 bits per heavy atom. The number of nitrogens with one attached hydrogen (secondary N) is 1. The average molecular weight is 246 g/mol. The molecule has 2 rings (SSSR count). The first kappa shape index (κ1) is 11.6. The van der Waals surface area contributed by atoms with E-state index in [1.807, 2.05) is 6.07 Å². The summed E-state index contributed by atoms with van der Waals surface area (Å²) in [6.45, 7) is -0.0940. The van der Waals surface area contributed by atoms with Gasteiger partial charge in [0.05, 0.1) is 6.21 Å². The Balaban J connectivity index is 1.86. The molecule has 18 heavy (non-hydrogen) atoms. The highest BCUT2D eigenvalue weighted by atomic mass is 16.2. The Bertz CT molecular complexity index is 549. The van der Waals surface area contributed by atoms with Crippen LogP contribution in [0.2, 0.25) is 0 Å². The number of nitrogens with two attached hydrogens (primary N) is 1. The fraction of sp³-hybridized carbons (Fsp3) is 0.111. The molecule has 92 valence electrons. The summed E-state index contributed by atoms with van der Waals surface area (Å²) in [6.07, 6.45) is 4.75. The molecule has 0 unspecified atom stereocenters. The van der Waals surface area contributed by atoms with E-state index in [1.165, 1.54) is 6.21 Å². The van der Waals surface area contributed by atoms with Gasteiger partial charge in [0.1, 0.15) is 6.54 Å². The normalized spacial score (nSPS) is 10.7. The Morgan fingerprint density at radius 1 is 1.61 bits per heavy atom. The molecule has 9 nitrogen and oxygen atoms in total. The molecule has 3 N–H and O–H groups in total. The number of carbonyl (C=O) groups excluding carboxylic acids is 1. The quantitative estimate of drug-likeness (QED) is 0.515. The summed E-state index contributed by atoms with van der Waals surface area (Å²) >= 11 is 0. The first-order valence-electron chi connectivity index (χ1n) is 4.99. The van der Waals surface area contributed by atoms with Crippen LogP contribution in [0.5, 0.6) is 0 Å². The van der Waals surface area contributed by atoms with Crippen LogP contribution >= 0.6 is 0 Å². The summed E-state index contributed by atoms with van der Waals surface area (Å²) in [6, 6.07) is 3.58. The Morgan fingerprint density at radius 2 is 2.50 bits per heavy atom. The fourth-order valence-corrected chi connectivity index (χ4v) is 1.13. The molecule has 0 aliphatic rings. The number of amides is 1. The van der Waals surface area contributed by atoms with Crippen LogP contribution in [0.1, 0.15) is 5.56 Å². The zero-order valence-electron chi connectivity index (χ0n) is 9.26. The van der Waals surface area contributed by atoms with Crippen molar-refractivity contribution in [3.05, 3.63) is 30.1 Å². The minimum atomic E-state index is -0.380. The second kappa shape index (κ2) is 5.48. The van der Waals surface area contributed by atoms with E-state index in [-0.39, 0.29) is 18.4 Å². The van der Waals surface area contributed by atoms with Crippen molar-refractivity contribution >= 4 is 18.1 Å². The summed E-state index contributed by atoms with van der Waals surface area (Å²) in [5.41, 5.74) is 8.51. The third-order valence-corrected chi connectivity index (χ3v) is 1.94. The first-order chi connectivity index (χ1) is 8.75. The van der Waals surface area contributed by atoms with Crippen molar-refractivity contribution in [2.45, 2.75) is 6.54 Å². The highest BCUT2D eigenvalue weighted by Gasteiger charge is 2.06. The minimum Gasteiger partial charge on any atom is -0.367 e. The molecule has 0 spiro atoms. The molecule has 0 saturated heterocycles. The van der Waals surface area contributed by atoms with Crippen molar-refractivity contribution < 1.29 is 4.79 Å². The van der Waals surface area contributed by atoms with Gasteiger partial charge in [-0.25, -0.2) is 10.1 Å². The fourth-order valence-electron chi connectivity index (χ4n) is 1.13. The number of tetrazole rings is 1. The van der Waals surface area contributed by atoms with E-state index < -0.39 is 0 Å². The Kier molecular flexibility index (Phi) is 3.54. The SMILES string of the molecule is Nc1nnnn1CC(=O)NN=Cc1cccnc1. The van der Waals surface area contributed by atoms with Crippen LogP contribution in [0.3, 0.4) is 0 Å². The van der Waals surface area contributed by atoms with Gasteiger partial charge in [-0.05, 0) is 16.5 Å². The van der Waals surface area contributed by atoms with Crippen LogP contribution in [0.4, 0.5) is 5.95 Å². The number of nitrogens with zero attached hydrogens (tertiary/aromatic N) is 6. The number of anilines is 1. The van der Waals surface area contributed by atoms with Crippen molar-refractivity contribution in [3.8, 4) is 0 Å². The average Bonchev–Trinajstić information content (AvgIpc) is 2.76. The van der Waals surface area contributed by atoms with Crippen LogP contribution in [0, 0.1) is 0 Å². The molecule has 0 aromatic carbocycles. The standard InChI is InChI=1S/C9H10N8O/c10-9-14-15-16-17(9)6-8(18)13-12-5-7-2-1-3-11-4-7/h1-5H,6H2,(H,13,18)(H2,10,14,16). The molecule has 0 bridgehead atoms. The predicted octanol–water partition coefficient (Wildman–Crippen LogP) is -1.20. The molecule has 0 saturated carbocycles. The van der Waals surface area contributed by atoms with Gasteiger partial charge in [0.15, 0.2) is 0 Å². The molecule has 0 aliphatic carbocycles. The molecular weight excluding hydrogens is 236 g/mol. The van der Waals surface area contributed by atoms with Gasteiger partial charge in [-0.15, -0.1) is 0 Å². The summed E-state index contributed by atoms with van der Waals surface area (Å²) in [7, 11) is 0. The third kappa shape index (κ3) is 3.07. The number of hydrogen-bond acceptors (Lipinski definition) is 7. The summed E-state index contributed by atoms with van der Waals surface area (Å²) in [5, 5.41) is 14.1. The van der Waals surface area contributed by atoms with Gasteiger partial charge >= 0.3 is 0 Å². The maximum absolute atomic E-state index is 11.4. The predicted molar refractivity (Wildman–Crippen MR) is 62.2 cm³/mol. The second-order valence-corrected chi connectivity index (χ2v) is 3.27. The van der Waals surface area contributed by atoms with Gasteiger partial charge in [-0.2, -0.15) is 5.10 Å². The number of pyridine rings is 1. The Hall–Kier alpha value is -2.84. The van der Waals surface area contributed by atoms with Crippen molar-refractivity contribution in [1.82, 2.24) is 30.6 Å². The van der Waals surface area contributed by atoms with E-state index in [4.69, 9.17) is 5.73 Å². The van der Waals surface area contributed by atoms with E-state index in [0.29, 0.717) is 0 Å². The lowest BCUT2D eigenvalue weighted by Crippen LogP contribution is -2.24. The van der Waals surface area contributed by atoms with E-state index in [9.17, 15) is 4.79 Å². The molecule has 0 aliphatic heterocycles. The topological polar surface area (TPSA) is 124 Å². The first-order valence-corrected chi connectivity index (χ1v) is 4.99. The molecular formula is C9H10N8O. The van der Waals surface area contributed by atoms with Crippen molar-refractivity contribution in [2.75, 3.05) is 5.73 Å². The van der Waals surface area contributed by atoms with Gasteiger partial charge in [-0.3, -0.25) is 9.78 Å². The number of carbonyl (C=O) groups is 1. The largest absolute Gasteiger partial charge is 0.367 e. The minimum absolute atomic E-state index is 0.0707. The van der Waals surface area contributed by atoms with Crippen LogP contribution < -0.4 is 11.2 Å². The molecule has 0 fully saturated rings. The summed E-state index contributed by atoms with van der Waals surface area (Å²) in [4.78, 5) is 15.3. The van der Waals surface area contributed by atoms with Gasteiger partial charge in [-0.1, -0.05) is 11.2 Å². The molecule has 2 aromatic heterocycles. The lowest BCUT2D eigenvalue weighted by Gasteiger charge is -1.99. The van der Waals surface area contributed by atoms with Crippen LogP contribution in [0.25, 0.3) is 0 Å². The second-order valence-electron chi connectivity index (χ2n) is 3.27. The maximum atomic E-state index is 11.4. The lowest BCUT2D eigenvalue weighted by molar-refractivity contribution is -0.121. The smallest absolute Gasteiger partial charge is 0.261 e. The van der Waals surface area contributed by atoms with Gasteiger partial charge in [0.25, 0.3) is 5.91 Å². The van der Waals surface area contributed by atoms with Crippen LogP contribution in [-0.2, 0) is 11.3 Å². The van der Waals surface area contributed by atoms with Crippen molar-refractivity contribution in [2.24, 2.45) is 5.10 Å². The monoisotopic (exact) mass is 246 g/mol. The van der Waals surface area contributed by atoms with E-state index in [0.717, 1.165) is 10.2 Å². The molecule has 2 heterocycles. The number of rotatable bonds is 4. The van der Waals surface area contributed by atoms with Crippen LogP contribution in [0.15, 0.2) is 29.6 Å².